The zero-order valence-electron chi connectivity index (χ0n) is 17.0. The second kappa shape index (κ2) is 9.40. The highest BCUT2D eigenvalue weighted by atomic mass is 16.6. The smallest absolute Gasteiger partial charge is 0.414 e. The molecule has 1 aliphatic rings. The summed E-state index contributed by atoms with van der Waals surface area (Å²) >= 11 is 0. The van der Waals surface area contributed by atoms with Crippen LogP contribution in [0.3, 0.4) is 0 Å². The first-order valence-corrected chi connectivity index (χ1v) is 9.87. The van der Waals surface area contributed by atoms with E-state index in [1.807, 2.05) is 42.5 Å². The molecule has 4 rings (SSSR count). The van der Waals surface area contributed by atoms with Gasteiger partial charge in [-0.25, -0.2) is 4.79 Å². The van der Waals surface area contributed by atoms with Crippen LogP contribution in [0.1, 0.15) is 11.5 Å². The maximum absolute atomic E-state index is 12.2. The number of hydrogen-bond donors (Lipinski definition) is 1. The average Bonchev–Trinajstić information content (AvgIpc) is 3.38. The van der Waals surface area contributed by atoms with Gasteiger partial charge in [-0.3, -0.25) is 9.69 Å². The van der Waals surface area contributed by atoms with Crippen molar-refractivity contribution in [2.75, 3.05) is 24.5 Å². The first-order valence-electron chi connectivity index (χ1n) is 9.87. The molecule has 9 nitrogen and oxygen atoms in total. The summed E-state index contributed by atoms with van der Waals surface area (Å²) in [6, 6.07) is 16.7. The normalized spacial score (nSPS) is 15.7. The number of ether oxygens (including phenoxy) is 2. The van der Waals surface area contributed by atoms with Crippen LogP contribution in [0.2, 0.25) is 0 Å². The summed E-state index contributed by atoms with van der Waals surface area (Å²) < 4.78 is 15.6. The second-order valence-electron chi connectivity index (χ2n) is 7.08. The Morgan fingerprint density at radius 3 is 2.68 bits per heavy atom. The molecule has 31 heavy (non-hydrogen) atoms. The number of carbonyl (C=O) groups excluding carboxylic acids is 2. The molecule has 1 amide bonds. The lowest BCUT2D eigenvalue weighted by Crippen LogP contribution is -2.34. The Hall–Kier alpha value is -3.72. The van der Waals surface area contributed by atoms with Crippen molar-refractivity contribution in [2.45, 2.75) is 19.6 Å². The third-order valence-electron chi connectivity index (χ3n) is 4.72. The van der Waals surface area contributed by atoms with Crippen molar-refractivity contribution in [3.63, 3.8) is 0 Å². The summed E-state index contributed by atoms with van der Waals surface area (Å²) in [5.41, 5.74) is 2.43. The minimum Gasteiger partial charge on any atom is -0.460 e. The van der Waals surface area contributed by atoms with E-state index in [0.29, 0.717) is 30.5 Å². The SMILES string of the molecule is Cc1nc(-c2ccc(N3CC(CNCC(=O)OCc4ccccc4)OC3=O)cc2)no1. The lowest BCUT2D eigenvalue weighted by molar-refractivity contribution is -0.143. The highest BCUT2D eigenvalue weighted by Crippen LogP contribution is 2.24. The molecule has 1 N–H and O–H groups in total. The Bertz CT molecular complexity index is 1040. The van der Waals surface area contributed by atoms with Gasteiger partial charge < -0.3 is 19.3 Å². The van der Waals surface area contributed by atoms with E-state index in [4.69, 9.17) is 14.0 Å². The van der Waals surface area contributed by atoms with Gasteiger partial charge in [-0.15, -0.1) is 0 Å². The molecule has 1 fully saturated rings. The van der Waals surface area contributed by atoms with Crippen molar-refractivity contribution in [3.05, 3.63) is 66.1 Å². The van der Waals surface area contributed by atoms with Crippen LogP contribution >= 0.6 is 0 Å². The molecule has 0 radical (unpaired) electrons. The van der Waals surface area contributed by atoms with Gasteiger partial charge in [-0.1, -0.05) is 35.5 Å². The van der Waals surface area contributed by atoms with Crippen LogP contribution in [0.15, 0.2) is 59.1 Å². The average molecular weight is 422 g/mol. The molecule has 1 unspecified atom stereocenters. The number of hydrogen-bond acceptors (Lipinski definition) is 8. The Balaban J connectivity index is 1.23. The van der Waals surface area contributed by atoms with Gasteiger partial charge in [0.25, 0.3) is 0 Å². The summed E-state index contributed by atoms with van der Waals surface area (Å²) in [5, 5.41) is 6.86. The third-order valence-corrected chi connectivity index (χ3v) is 4.72. The molecular formula is C22H22N4O5. The number of benzene rings is 2. The van der Waals surface area contributed by atoms with Gasteiger partial charge >= 0.3 is 12.1 Å². The van der Waals surface area contributed by atoms with E-state index in [1.165, 1.54) is 0 Å². The van der Waals surface area contributed by atoms with E-state index < -0.39 is 6.09 Å². The minimum absolute atomic E-state index is 0.0414. The van der Waals surface area contributed by atoms with Gasteiger partial charge in [0.15, 0.2) is 0 Å². The van der Waals surface area contributed by atoms with Gasteiger partial charge in [0.2, 0.25) is 11.7 Å². The van der Waals surface area contributed by atoms with Crippen LogP contribution in [0.5, 0.6) is 0 Å². The summed E-state index contributed by atoms with van der Waals surface area (Å²) in [5.74, 6) is 0.619. The molecule has 1 atom stereocenters. The fraction of sp³-hybridized carbons (Fsp3) is 0.273. The zero-order valence-corrected chi connectivity index (χ0v) is 17.0. The molecule has 3 aromatic rings. The van der Waals surface area contributed by atoms with Gasteiger partial charge in [-0.2, -0.15) is 4.98 Å². The molecule has 0 aliphatic carbocycles. The molecular weight excluding hydrogens is 400 g/mol. The van der Waals surface area contributed by atoms with Gasteiger partial charge in [0.05, 0.1) is 13.1 Å². The molecule has 2 heterocycles. The second-order valence-corrected chi connectivity index (χ2v) is 7.08. The van der Waals surface area contributed by atoms with E-state index >= 15 is 0 Å². The standard InChI is InChI=1S/C22H22N4O5/c1-15-24-21(25-31-15)17-7-9-18(10-8-17)26-13-19(30-22(26)28)11-23-12-20(27)29-14-16-5-3-2-4-6-16/h2-10,19,23H,11-14H2,1H3. The van der Waals surface area contributed by atoms with Crippen LogP contribution in [0.25, 0.3) is 11.4 Å². The maximum atomic E-state index is 12.2. The lowest BCUT2D eigenvalue weighted by atomic mass is 10.2. The Kier molecular flexibility index (Phi) is 6.23. The van der Waals surface area contributed by atoms with Crippen LogP contribution in [-0.2, 0) is 20.9 Å². The molecule has 160 valence electrons. The number of carbonyl (C=O) groups is 2. The van der Waals surface area contributed by atoms with Crippen molar-refractivity contribution in [2.24, 2.45) is 0 Å². The molecule has 1 saturated heterocycles. The topological polar surface area (TPSA) is 107 Å². The van der Waals surface area contributed by atoms with Gasteiger partial charge in [0, 0.05) is 24.7 Å². The number of aromatic nitrogens is 2. The molecule has 0 spiro atoms. The first-order chi connectivity index (χ1) is 15.1. The number of nitrogens with zero attached hydrogens (tertiary/aromatic N) is 3. The summed E-state index contributed by atoms with van der Waals surface area (Å²) in [4.78, 5) is 29.8. The van der Waals surface area contributed by atoms with E-state index in [-0.39, 0.29) is 25.2 Å². The van der Waals surface area contributed by atoms with Crippen molar-refractivity contribution in [3.8, 4) is 11.4 Å². The monoisotopic (exact) mass is 422 g/mol. The Morgan fingerprint density at radius 1 is 1.19 bits per heavy atom. The van der Waals surface area contributed by atoms with Gasteiger partial charge in [0.1, 0.15) is 12.7 Å². The number of nitrogens with one attached hydrogen (secondary N) is 1. The number of anilines is 1. The number of esters is 1. The number of aryl methyl sites for hydroxylation is 1. The van der Waals surface area contributed by atoms with Crippen molar-refractivity contribution in [1.29, 1.82) is 0 Å². The van der Waals surface area contributed by atoms with Crippen LogP contribution in [0.4, 0.5) is 10.5 Å². The van der Waals surface area contributed by atoms with Crippen molar-refractivity contribution >= 4 is 17.7 Å². The molecule has 9 heteroatoms. The van der Waals surface area contributed by atoms with E-state index in [2.05, 4.69) is 15.5 Å². The predicted octanol–water partition coefficient (Wildman–Crippen LogP) is 2.70. The Labute approximate surface area is 179 Å². The Morgan fingerprint density at radius 2 is 1.97 bits per heavy atom. The number of amides is 1. The highest BCUT2D eigenvalue weighted by molar-refractivity contribution is 5.90. The van der Waals surface area contributed by atoms with E-state index in [9.17, 15) is 9.59 Å². The molecule has 1 aliphatic heterocycles. The molecule has 0 bridgehead atoms. The first kappa shape index (κ1) is 20.5. The van der Waals surface area contributed by atoms with Crippen LogP contribution in [-0.4, -0.2) is 47.9 Å². The largest absolute Gasteiger partial charge is 0.460 e. The van der Waals surface area contributed by atoms with Crippen molar-refractivity contribution in [1.82, 2.24) is 15.5 Å². The van der Waals surface area contributed by atoms with Gasteiger partial charge in [-0.05, 0) is 29.8 Å². The van der Waals surface area contributed by atoms with Crippen LogP contribution in [0, 0.1) is 6.92 Å². The lowest BCUT2D eigenvalue weighted by Gasteiger charge is -2.13. The minimum atomic E-state index is -0.429. The molecule has 1 aromatic heterocycles. The quantitative estimate of drug-likeness (QED) is 0.552. The maximum Gasteiger partial charge on any atom is 0.414 e. The predicted molar refractivity (Wildman–Crippen MR) is 111 cm³/mol. The van der Waals surface area contributed by atoms with Crippen LogP contribution < -0.4 is 10.2 Å². The molecule has 0 saturated carbocycles. The molecule has 2 aromatic carbocycles. The summed E-state index contributed by atoms with van der Waals surface area (Å²) in [6.07, 6.45) is -0.796. The zero-order chi connectivity index (χ0) is 21.6. The fourth-order valence-electron chi connectivity index (χ4n) is 3.17. The van der Waals surface area contributed by atoms with Crippen molar-refractivity contribution < 1.29 is 23.6 Å². The summed E-state index contributed by atoms with van der Waals surface area (Å²) in [7, 11) is 0. The summed E-state index contributed by atoms with van der Waals surface area (Å²) in [6.45, 7) is 2.73. The number of cyclic esters (lactones) is 1. The number of rotatable bonds is 8. The van der Waals surface area contributed by atoms with E-state index in [0.717, 1.165) is 11.1 Å². The fourth-order valence-corrected chi connectivity index (χ4v) is 3.17. The third kappa shape index (κ3) is 5.26. The highest BCUT2D eigenvalue weighted by Gasteiger charge is 2.32. The van der Waals surface area contributed by atoms with E-state index in [1.54, 1.807) is 24.0 Å².